The molecule has 2 saturated heterocycles. The fourth-order valence-electron chi connectivity index (χ4n) is 6.76. The molecule has 0 amide bonds. The molecule has 0 spiro atoms. The molecular weight excluding hydrogens is 847 g/mol. The highest BCUT2D eigenvalue weighted by molar-refractivity contribution is 7.29. The molecule has 3 aliphatic rings. The highest BCUT2D eigenvalue weighted by atomic mass is 32.1. The predicted molar refractivity (Wildman–Crippen MR) is 181 cm³/mol. The lowest BCUT2D eigenvalue weighted by molar-refractivity contribution is -0.483. The van der Waals surface area contributed by atoms with Crippen LogP contribution in [0.2, 0.25) is 0 Å². The summed E-state index contributed by atoms with van der Waals surface area (Å²) in [6, 6.07) is 8.56. The van der Waals surface area contributed by atoms with Crippen LogP contribution >= 0.6 is 45.3 Å². The van der Waals surface area contributed by atoms with Gasteiger partial charge in [-0.1, -0.05) is 0 Å². The summed E-state index contributed by atoms with van der Waals surface area (Å²) in [6.45, 7) is 0.261. The van der Waals surface area contributed by atoms with Gasteiger partial charge in [-0.2, -0.15) is 0 Å². The third-order valence-corrected chi connectivity index (χ3v) is 14.2. The molecule has 0 saturated carbocycles. The van der Waals surface area contributed by atoms with Crippen LogP contribution in [-0.4, -0.2) is 38.0 Å². The molecule has 6 aromatic rings. The maximum atomic E-state index is 14.5. The Kier molecular flexibility index (Phi) is 8.75. The maximum absolute atomic E-state index is 14.5. The molecule has 6 nitrogen and oxygen atoms in total. The Bertz CT molecular complexity index is 2440. The van der Waals surface area contributed by atoms with E-state index >= 15 is 0 Å². The summed E-state index contributed by atoms with van der Waals surface area (Å²) >= 11 is 3.81. The number of thiophene rings is 4. The van der Waals surface area contributed by atoms with E-state index in [0.29, 0.717) is 40.4 Å². The Hall–Kier alpha value is -4.28. The van der Waals surface area contributed by atoms with Crippen molar-refractivity contribution in [2.75, 3.05) is 26.4 Å². The molecule has 288 valence electrons. The summed E-state index contributed by atoms with van der Waals surface area (Å²) in [5.74, 6) is -29.2. The van der Waals surface area contributed by atoms with Gasteiger partial charge >= 0.3 is 0 Å². The molecule has 0 unspecified atom stereocenters. The molecule has 6 heterocycles. The zero-order chi connectivity index (χ0) is 39.6. The van der Waals surface area contributed by atoms with Crippen molar-refractivity contribution in [3.8, 4) is 29.3 Å². The highest BCUT2D eigenvalue weighted by Crippen LogP contribution is 2.64. The van der Waals surface area contributed by atoms with Crippen molar-refractivity contribution in [2.24, 2.45) is 0 Å². The molecule has 2 aromatic carbocycles. The second kappa shape index (κ2) is 13.1. The number of hydrogen-bond donors (Lipinski definition) is 0. The van der Waals surface area contributed by atoms with Gasteiger partial charge in [0.1, 0.15) is 11.1 Å². The molecule has 4 aromatic heterocycles. The molecule has 56 heavy (non-hydrogen) atoms. The molecule has 0 bridgehead atoms. The zero-order valence-corrected chi connectivity index (χ0v) is 30.4. The molecule has 9 rings (SSSR count). The lowest BCUT2D eigenvalue weighted by atomic mass is 9.83. The average Bonchev–Trinajstić information content (AvgIpc) is 4.03. The third kappa shape index (κ3) is 5.06. The van der Waals surface area contributed by atoms with E-state index in [0.717, 1.165) is 22.7 Å². The van der Waals surface area contributed by atoms with E-state index < -0.39 is 92.4 Å². The van der Waals surface area contributed by atoms with Gasteiger partial charge in [0.25, 0.3) is 11.6 Å². The molecular formula is C36H14F10O6S4. The third-order valence-electron chi connectivity index (χ3n) is 9.22. The number of ketones is 2. The molecule has 2 aliphatic heterocycles. The van der Waals surface area contributed by atoms with Gasteiger partial charge in [0.15, 0.2) is 46.5 Å². The van der Waals surface area contributed by atoms with Crippen LogP contribution in [0.15, 0.2) is 36.4 Å². The first kappa shape index (κ1) is 37.3. The molecule has 2 fully saturated rings. The first-order valence-corrected chi connectivity index (χ1v) is 19.1. The van der Waals surface area contributed by atoms with Gasteiger partial charge in [0.2, 0.25) is 23.2 Å². The summed E-state index contributed by atoms with van der Waals surface area (Å²) in [5.41, 5.74) is -2.34. The lowest BCUT2D eigenvalue weighted by Crippen LogP contribution is -2.63. The first-order chi connectivity index (χ1) is 26.7. The number of carbonyl (C=O) groups excluding carboxylic acids is 2. The van der Waals surface area contributed by atoms with E-state index in [2.05, 4.69) is 0 Å². The van der Waals surface area contributed by atoms with Crippen molar-refractivity contribution in [1.82, 2.24) is 0 Å². The summed E-state index contributed by atoms with van der Waals surface area (Å²) in [7, 11) is 0. The van der Waals surface area contributed by atoms with E-state index in [4.69, 9.17) is 18.9 Å². The van der Waals surface area contributed by atoms with Crippen LogP contribution in [0.5, 0.6) is 0 Å². The van der Waals surface area contributed by atoms with Gasteiger partial charge < -0.3 is 18.9 Å². The van der Waals surface area contributed by atoms with Gasteiger partial charge in [0.05, 0.1) is 45.9 Å². The van der Waals surface area contributed by atoms with Crippen LogP contribution in [0.1, 0.15) is 41.6 Å². The van der Waals surface area contributed by atoms with E-state index in [1.54, 1.807) is 12.1 Å². The maximum Gasteiger partial charge on any atom is 0.257 e. The second-order valence-electron chi connectivity index (χ2n) is 12.2. The average molecular weight is 861 g/mol. The predicted octanol–water partition coefficient (Wildman–Crippen LogP) is 10.2. The largest absolute Gasteiger partial charge is 0.339 e. The number of ether oxygens (including phenoxy) is 4. The zero-order valence-electron chi connectivity index (χ0n) is 27.2. The Balaban J connectivity index is 1.13. The van der Waals surface area contributed by atoms with E-state index in [1.807, 2.05) is 0 Å². The Morgan fingerprint density at radius 2 is 0.732 bits per heavy atom. The summed E-state index contributed by atoms with van der Waals surface area (Å²) in [5, 5.41) is 0. The molecule has 0 radical (unpaired) electrons. The van der Waals surface area contributed by atoms with Gasteiger partial charge in [0, 0.05) is 30.6 Å². The van der Waals surface area contributed by atoms with Crippen molar-refractivity contribution in [1.29, 1.82) is 0 Å². The summed E-state index contributed by atoms with van der Waals surface area (Å²) in [6.07, 6.45) is 0. The van der Waals surface area contributed by atoms with E-state index in [-0.39, 0.29) is 36.2 Å². The quantitative estimate of drug-likeness (QED) is 0.0719. The fraction of sp³-hybridized carbons (Fsp3) is 0.167. The molecule has 1 aliphatic carbocycles. The highest BCUT2D eigenvalue weighted by Gasteiger charge is 2.67. The Labute approximate surface area is 322 Å². The molecule has 20 heteroatoms. The summed E-state index contributed by atoms with van der Waals surface area (Å²) in [4.78, 5) is 28.4. The minimum absolute atomic E-state index is 0.0652. The van der Waals surface area contributed by atoms with Gasteiger partial charge in [-0.15, -0.1) is 45.3 Å². The van der Waals surface area contributed by atoms with Gasteiger partial charge in [-0.25, -0.2) is 43.9 Å². The van der Waals surface area contributed by atoms with Crippen LogP contribution < -0.4 is 0 Å². The van der Waals surface area contributed by atoms with Crippen LogP contribution in [0, 0.1) is 58.2 Å². The van der Waals surface area contributed by atoms with Crippen molar-refractivity contribution < 1.29 is 72.4 Å². The number of benzene rings is 2. The number of rotatable bonds is 6. The fourth-order valence-corrected chi connectivity index (χ4v) is 11.4. The van der Waals surface area contributed by atoms with Crippen molar-refractivity contribution in [3.63, 3.8) is 0 Å². The van der Waals surface area contributed by atoms with Crippen molar-refractivity contribution in [3.05, 3.63) is 127 Å². The van der Waals surface area contributed by atoms with Crippen LogP contribution in [0.25, 0.3) is 29.3 Å². The number of carbonyl (C=O) groups is 2. The van der Waals surface area contributed by atoms with Crippen LogP contribution in [0.3, 0.4) is 0 Å². The van der Waals surface area contributed by atoms with E-state index in [1.165, 1.54) is 46.9 Å². The standard InChI is InChI=1S/C36H14F10O6S4/c37-21-19(22(38)26(42)29(45)25(21)41)31(47)15-3-1-13(53-15)17-9-11-33(55-17)34-12(36-35(11,49-5-7-51-36)50-6-8-52-36)10-18(56-34)14-2-4-16(54-14)32(48)20-23(39)27(43)30(46)28(44)24(20)40/h1-4,9-10H,5-8H2. The monoisotopic (exact) mass is 860 g/mol. The summed E-state index contributed by atoms with van der Waals surface area (Å²) < 4.78 is 166. The Morgan fingerprint density at radius 3 is 1.05 bits per heavy atom. The minimum Gasteiger partial charge on any atom is -0.339 e. The smallest absolute Gasteiger partial charge is 0.257 e. The van der Waals surface area contributed by atoms with Crippen molar-refractivity contribution in [2.45, 2.75) is 11.6 Å². The lowest BCUT2D eigenvalue weighted by Gasteiger charge is -2.55. The SMILES string of the molecule is O=C(c1ccc(-c2cc3c(s2)-c2sc(-c4ccc(C(=O)c5c(F)c(F)c(F)c(F)c5F)s4)cc2C24OCCOC32OCCO4)s1)c1c(F)c(F)c(F)c(F)c1F. The minimum atomic E-state index is -2.40. The van der Waals surface area contributed by atoms with Crippen molar-refractivity contribution >= 4 is 56.9 Å². The van der Waals surface area contributed by atoms with Crippen LogP contribution in [0.4, 0.5) is 43.9 Å². The molecule has 0 N–H and O–H groups in total. The van der Waals surface area contributed by atoms with Gasteiger partial charge in [-0.05, 0) is 36.4 Å². The van der Waals surface area contributed by atoms with Gasteiger partial charge in [-0.3, -0.25) is 9.59 Å². The number of hydrogen-bond acceptors (Lipinski definition) is 10. The molecule has 0 atom stereocenters. The normalized spacial score (nSPS) is 20.0. The number of fused-ring (bicyclic) bond motifs is 3. The second-order valence-corrected chi connectivity index (χ2v) is 16.5. The number of halogens is 10. The van der Waals surface area contributed by atoms with Crippen LogP contribution in [-0.2, 0) is 30.5 Å². The topological polar surface area (TPSA) is 71.1 Å². The Morgan fingerprint density at radius 1 is 0.429 bits per heavy atom. The van der Waals surface area contributed by atoms with E-state index in [9.17, 15) is 53.5 Å². The first-order valence-electron chi connectivity index (χ1n) is 15.9.